The van der Waals surface area contributed by atoms with Gasteiger partial charge in [0, 0.05) is 42.1 Å². The molecule has 0 bridgehead atoms. The number of rotatable bonds is 4. The van der Waals surface area contributed by atoms with Gasteiger partial charge in [-0.2, -0.15) is 4.31 Å². The fourth-order valence-electron chi connectivity index (χ4n) is 3.03. The third-order valence-corrected chi connectivity index (χ3v) is 7.59. The van der Waals surface area contributed by atoms with Crippen LogP contribution in [0, 0.1) is 0 Å². The summed E-state index contributed by atoms with van der Waals surface area (Å²) in [5, 5.41) is 3.50. The molecular formula is C19H18ClN3O2S2. The van der Waals surface area contributed by atoms with E-state index in [2.05, 4.69) is 4.90 Å². The zero-order chi connectivity index (χ0) is 18.9. The van der Waals surface area contributed by atoms with Crippen LogP contribution < -0.4 is 4.90 Å². The molecule has 8 heteroatoms. The molecule has 5 nitrogen and oxygen atoms in total. The predicted molar refractivity (Wildman–Crippen MR) is 110 cm³/mol. The molecule has 1 aromatic heterocycles. The third kappa shape index (κ3) is 3.87. The van der Waals surface area contributed by atoms with Crippen molar-refractivity contribution >= 4 is 38.1 Å². The maximum Gasteiger partial charge on any atom is 0.243 e. The number of hydrogen-bond donors (Lipinski definition) is 0. The fourth-order valence-corrected chi connectivity index (χ4v) is 5.46. The van der Waals surface area contributed by atoms with E-state index in [1.54, 1.807) is 35.6 Å². The smallest absolute Gasteiger partial charge is 0.243 e. The molecule has 1 fully saturated rings. The van der Waals surface area contributed by atoms with Crippen LogP contribution in [0.5, 0.6) is 0 Å². The highest BCUT2D eigenvalue weighted by Crippen LogP contribution is 2.29. The monoisotopic (exact) mass is 419 g/mol. The zero-order valence-corrected chi connectivity index (χ0v) is 16.8. The molecule has 3 aromatic rings. The molecule has 1 aliphatic heterocycles. The van der Waals surface area contributed by atoms with E-state index in [4.69, 9.17) is 16.6 Å². The molecule has 0 N–H and O–H groups in total. The normalized spacial score (nSPS) is 15.8. The van der Waals surface area contributed by atoms with Crippen LogP contribution in [0.25, 0.3) is 11.3 Å². The van der Waals surface area contributed by atoms with Gasteiger partial charge < -0.3 is 4.90 Å². The molecule has 2 heterocycles. The first-order valence-corrected chi connectivity index (χ1v) is 11.3. The SMILES string of the molecule is O=S(=O)(c1ccc(Cl)cc1)N1CCN(c2nc(-c3ccccc3)cs2)CC1. The van der Waals surface area contributed by atoms with Gasteiger partial charge in [-0.3, -0.25) is 0 Å². The van der Waals surface area contributed by atoms with Gasteiger partial charge in [0.1, 0.15) is 0 Å². The van der Waals surface area contributed by atoms with Crippen LogP contribution in [0.3, 0.4) is 0 Å². The van der Waals surface area contributed by atoms with Gasteiger partial charge in [0.15, 0.2) is 5.13 Å². The molecule has 0 spiro atoms. The number of benzene rings is 2. The Kier molecular flexibility index (Phi) is 5.19. The number of hydrogen-bond acceptors (Lipinski definition) is 5. The largest absolute Gasteiger partial charge is 0.345 e. The average molecular weight is 420 g/mol. The van der Waals surface area contributed by atoms with Gasteiger partial charge in [0.2, 0.25) is 10.0 Å². The van der Waals surface area contributed by atoms with Gasteiger partial charge >= 0.3 is 0 Å². The molecule has 4 rings (SSSR count). The highest BCUT2D eigenvalue weighted by molar-refractivity contribution is 7.89. The maximum atomic E-state index is 12.8. The number of anilines is 1. The molecule has 0 unspecified atom stereocenters. The second kappa shape index (κ2) is 7.59. The van der Waals surface area contributed by atoms with Gasteiger partial charge in [-0.15, -0.1) is 11.3 Å². The van der Waals surface area contributed by atoms with Crippen molar-refractivity contribution < 1.29 is 8.42 Å². The first-order valence-electron chi connectivity index (χ1n) is 8.56. The quantitative estimate of drug-likeness (QED) is 0.642. The van der Waals surface area contributed by atoms with Crippen molar-refractivity contribution in [3.63, 3.8) is 0 Å². The van der Waals surface area contributed by atoms with E-state index in [0.717, 1.165) is 16.4 Å². The number of thiazole rings is 1. The Labute approximate surface area is 167 Å². The highest BCUT2D eigenvalue weighted by atomic mass is 35.5. The molecule has 140 valence electrons. The lowest BCUT2D eigenvalue weighted by Crippen LogP contribution is -2.48. The number of sulfonamides is 1. The molecule has 0 amide bonds. The number of aromatic nitrogens is 1. The summed E-state index contributed by atoms with van der Waals surface area (Å²) < 4.78 is 27.1. The highest BCUT2D eigenvalue weighted by Gasteiger charge is 2.29. The minimum absolute atomic E-state index is 0.279. The van der Waals surface area contributed by atoms with Gasteiger partial charge in [0.25, 0.3) is 0 Å². The van der Waals surface area contributed by atoms with Crippen LogP contribution >= 0.6 is 22.9 Å². The van der Waals surface area contributed by atoms with Gasteiger partial charge in [-0.05, 0) is 24.3 Å². The second-order valence-electron chi connectivity index (χ2n) is 6.23. The summed E-state index contributed by atoms with van der Waals surface area (Å²) >= 11 is 7.45. The summed E-state index contributed by atoms with van der Waals surface area (Å²) in [7, 11) is -3.49. The molecule has 27 heavy (non-hydrogen) atoms. The van der Waals surface area contributed by atoms with E-state index in [1.807, 2.05) is 35.7 Å². The van der Waals surface area contributed by atoms with Gasteiger partial charge in [-0.1, -0.05) is 41.9 Å². The summed E-state index contributed by atoms with van der Waals surface area (Å²) in [4.78, 5) is 7.14. The van der Waals surface area contributed by atoms with E-state index < -0.39 is 10.0 Å². The molecule has 0 saturated carbocycles. The van der Waals surface area contributed by atoms with Crippen molar-refractivity contribution in [3.05, 3.63) is 65.0 Å². The Balaban J connectivity index is 1.45. The van der Waals surface area contributed by atoms with Crippen LogP contribution in [0.15, 0.2) is 64.9 Å². The summed E-state index contributed by atoms with van der Waals surface area (Å²) in [6, 6.07) is 16.4. The van der Waals surface area contributed by atoms with Crippen molar-refractivity contribution in [3.8, 4) is 11.3 Å². The fraction of sp³-hybridized carbons (Fsp3) is 0.211. The van der Waals surface area contributed by atoms with Crippen LogP contribution in [0.4, 0.5) is 5.13 Å². The van der Waals surface area contributed by atoms with Crippen LogP contribution in [-0.4, -0.2) is 43.9 Å². The molecule has 1 aliphatic rings. The lowest BCUT2D eigenvalue weighted by Gasteiger charge is -2.33. The predicted octanol–water partition coefficient (Wildman–Crippen LogP) is 3.97. The number of nitrogens with zero attached hydrogens (tertiary/aromatic N) is 3. The molecule has 0 aliphatic carbocycles. The summed E-state index contributed by atoms with van der Waals surface area (Å²) in [6.45, 7) is 2.11. The summed E-state index contributed by atoms with van der Waals surface area (Å²) in [5.74, 6) is 0. The van der Waals surface area contributed by atoms with Crippen molar-refractivity contribution in [2.24, 2.45) is 0 Å². The first-order chi connectivity index (χ1) is 13.0. The van der Waals surface area contributed by atoms with Crippen molar-refractivity contribution in [2.45, 2.75) is 4.90 Å². The van der Waals surface area contributed by atoms with Crippen LogP contribution in [-0.2, 0) is 10.0 Å². The van der Waals surface area contributed by atoms with E-state index in [9.17, 15) is 8.42 Å². The third-order valence-electron chi connectivity index (χ3n) is 4.52. The molecule has 1 saturated heterocycles. The zero-order valence-electron chi connectivity index (χ0n) is 14.5. The summed E-state index contributed by atoms with van der Waals surface area (Å²) in [5.41, 5.74) is 2.04. The van der Waals surface area contributed by atoms with Gasteiger partial charge in [-0.25, -0.2) is 13.4 Å². The molecule has 0 atom stereocenters. The van der Waals surface area contributed by atoms with E-state index >= 15 is 0 Å². The van der Waals surface area contributed by atoms with E-state index in [-0.39, 0.29) is 4.90 Å². The lowest BCUT2D eigenvalue weighted by atomic mass is 10.2. The average Bonchev–Trinajstić information content (AvgIpc) is 3.19. The van der Waals surface area contributed by atoms with Crippen LogP contribution in [0.1, 0.15) is 0 Å². The molecule has 2 aromatic carbocycles. The molecule has 0 radical (unpaired) electrons. The standard InChI is InChI=1S/C19H18ClN3O2S2/c20-16-6-8-17(9-7-16)27(24,25)23-12-10-22(11-13-23)19-21-18(14-26-19)15-4-2-1-3-5-15/h1-9,14H,10-13H2. The number of halogens is 1. The van der Waals surface area contributed by atoms with Crippen LogP contribution in [0.2, 0.25) is 5.02 Å². The summed E-state index contributed by atoms with van der Waals surface area (Å²) in [6.07, 6.45) is 0. The lowest BCUT2D eigenvalue weighted by molar-refractivity contribution is 0.385. The van der Waals surface area contributed by atoms with Crippen molar-refractivity contribution in [2.75, 3.05) is 31.1 Å². The Morgan fingerprint density at radius 2 is 1.59 bits per heavy atom. The maximum absolute atomic E-state index is 12.8. The Morgan fingerprint density at radius 3 is 2.26 bits per heavy atom. The van der Waals surface area contributed by atoms with E-state index in [0.29, 0.717) is 31.2 Å². The topological polar surface area (TPSA) is 53.5 Å². The second-order valence-corrected chi connectivity index (χ2v) is 9.44. The van der Waals surface area contributed by atoms with Crippen molar-refractivity contribution in [1.29, 1.82) is 0 Å². The van der Waals surface area contributed by atoms with Crippen molar-refractivity contribution in [1.82, 2.24) is 9.29 Å². The number of piperazine rings is 1. The Hall–Kier alpha value is -1.93. The minimum atomic E-state index is -3.49. The Bertz CT molecular complexity index is 1010. The molecular weight excluding hydrogens is 402 g/mol. The Morgan fingerprint density at radius 1 is 0.926 bits per heavy atom. The first kappa shape index (κ1) is 18.4. The van der Waals surface area contributed by atoms with Gasteiger partial charge in [0.05, 0.1) is 10.6 Å². The minimum Gasteiger partial charge on any atom is -0.345 e. The van der Waals surface area contributed by atoms with E-state index in [1.165, 1.54) is 4.31 Å².